The summed E-state index contributed by atoms with van der Waals surface area (Å²) in [5, 5.41) is 4.37. The molecule has 144 valence electrons. The fourth-order valence-corrected chi connectivity index (χ4v) is 4.35. The summed E-state index contributed by atoms with van der Waals surface area (Å²) in [5.41, 5.74) is 4.37. The fourth-order valence-electron chi connectivity index (χ4n) is 3.26. The lowest BCUT2D eigenvalue weighted by atomic mass is 10.2. The van der Waals surface area contributed by atoms with Crippen LogP contribution in [0.2, 0.25) is 0 Å². The molecule has 0 aliphatic rings. The Morgan fingerprint density at radius 2 is 2.03 bits per heavy atom. The normalized spacial score (nSPS) is 11.7. The molecule has 5 nitrogen and oxygen atoms in total. The molecule has 2 aromatic carbocycles. The van der Waals surface area contributed by atoms with Gasteiger partial charge in [-0.2, -0.15) is 10.1 Å². The average molecular weight is 401 g/mol. The third kappa shape index (κ3) is 3.53. The molecule has 0 aliphatic heterocycles. The molecular weight excluding hydrogens is 380 g/mol. The summed E-state index contributed by atoms with van der Waals surface area (Å²) in [6, 6.07) is 16.0. The molecule has 0 fully saturated rings. The Morgan fingerprint density at radius 1 is 1.24 bits per heavy atom. The predicted molar refractivity (Wildman–Crippen MR) is 116 cm³/mol. The number of carbonyl (C=O) groups is 1. The van der Waals surface area contributed by atoms with Crippen molar-refractivity contribution in [2.75, 3.05) is 0 Å². The zero-order valence-electron chi connectivity index (χ0n) is 16.3. The standard InChI is InChI=1S/C23H20N4OS/c1-4-13-26-20-12-11-17(5-2)14-21(20)29-23(26)25-22(28)19-15-24-27(16(19)3)18-9-7-6-8-10-18/h1,6-12,14-15H,5,13H2,2-3H3. The van der Waals surface area contributed by atoms with Crippen molar-refractivity contribution in [3.05, 3.63) is 76.4 Å². The molecule has 0 aliphatic carbocycles. The zero-order valence-corrected chi connectivity index (χ0v) is 17.1. The van der Waals surface area contributed by atoms with E-state index in [1.54, 1.807) is 10.9 Å². The van der Waals surface area contributed by atoms with E-state index >= 15 is 0 Å². The van der Waals surface area contributed by atoms with E-state index in [1.165, 1.54) is 16.9 Å². The Morgan fingerprint density at radius 3 is 2.76 bits per heavy atom. The number of rotatable bonds is 4. The van der Waals surface area contributed by atoms with Crippen LogP contribution in [0, 0.1) is 19.3 Å². The van der Waals surface area contributed by atoms with Crippen molar-refractivity contribution >= 4 is 27.5 Å². The number of carbonyl (C=O) groups excluding carboxylic acids is 1. The van der Waals surface area contributed by atoms with Gasteiger partial charge in [0.15, 0.2) is 4.80 Å². The number of terminal acetylenes is 1. The van der Waals surface area contributed by atoms with Crippen LogP contribution in [0.4, 0.5) is 0 Å². The zero-order chi connectivity index (χ0) is 20.4. The molecule has 0 N–H and O–H groups in total. The van der Waals surface area contributed by atoms with Gasteiger partial charge in [-0.1, -0.05) is 48.4 Å². The molecule has 6 heteroatoms. The van der Waals surface area contributed by atoms with Gasteiger partial charge in [-0.25, -0.2) is 4.68 Å². The van der Waals surface area contributed by atoms with Crippen molar-refractivity contribution in [3.8, 4) is 18.0 Å². The fraction of sp³-hybridized carbons (Fsp3) is 0.174. The van der Waals surface area contributed by atoms with Crippen LogP contribution in [0.15, 0.2) is 59.7 Å². The van der Waals surface area contributed by atoms with Crippen LogP contribution in [0.25, 0.3) is 15.9 Å². The lowest BCUT2D eigenvalue weighted by Gasteiger charge is -2.04. The number of aromatic nitrogens is 3. The summed E-state index contributed by atoms with van der Waals surface area (Å²) in [7, 11) is 0. The highest BCUT2D eigenvalue weighted by atomic mass is 32.1. The van der Waals surface area contributed by atoms with E-state index in [-0.39, 0.29) is 5.91 Å². The van der Waals surface area contributed by atoms with E-state index in [0.29, 0.717) is 16.9 Å². The van der Waals surface area contributed by atoms with Crippen LogP contribution in [0.5, 0.6) is 0 Å². The molecule has 2 heterocycles. The van der Waals surface area contributed by atoms with Crippen molar-refractivity contribution in [3.63, 3.8) is 0 Å². The van der Waals surface area contributed by atoms with Gasteiger partial charge in [-0.15, -0.1) is 6.42 Å². The molecule has 0 atom stereocenters. The largest absolute Gasteiger partial charge is 0.305 e. The molecule has 0 saturated heterocycles. The molecule has 0 spiro atoms. The smallest absolute Gasteiger partial charge is 0.283 e. The number of nitrogens with zero attached hydrogens (tertiary/aromatic N) is 4. The molecule has 0 bridgehead atoms. The molecule has 4 rings (SSSR count). The van der Waals surface area contributed by atoms with Gasteiger partial charge in [-0.05, 0) is 43.2 Å². The third-order valence-electron chi connectivity index (χ3n) is 4.84. The highest BCUT2D eigenvalue weighted by Crippen LogP contribution is 2.20. The first-order valence-electron chi connectivity index (χ1n) is 9.37. The van der Waals surface area contributed by atoms with Gasteiger partial charge in [0.2, 0.25) is 0 Å². The Hall–Kier alpha value is -3.43. The van der Waals surface area contributed by atoms with Gasteiger partial charge in [-0.3, -0.25) is 4.79 Å². The van der Waals surface area contributed by atoms with Gasteiger partial charge in [0.05, 0.1) is 39.9 Å². The van der Waals surface area contributed by atoms with Crippen LogP contribution >= 0.6 is 11.3 Å². The van der Waals surface area contributed by atoms with E-state index in [0.717, 1.165) is 28.0 Å². The second kappa shape index (κ2) is 7.90. The molecule has 2 aromatic heterocycles. The second-order valence-electron chi connectivity index (χ2n) is 6.64. The summed E-state index contributed by atoms with van der Waals surface area (Å²) >= 11 is 1.48. The minimum Gasteiger partial charge on any atom is -0.305 e. The number of amides is 1. The van der Waals surface area contributed by atoms with Gasteiger partial charge in [0.1, 0.15) is 0 Å². The van der Waals surface area contributed by atoms with Crippen molar-refractivity contribution in [2.24, 2.45) is 4.99 Å². The first kappa shape index (κ1) is 18.9. The van der Waals surface area contributed by atoms with Crippen molar-refractivity contribution in [2.45, 2.75) is 26.8 Å². The van der Waals surface area contributed by atoms with Crippen molar-refractivity contribution < 1.29 is 4.79 Å². The van der Waals surface area contributed by atoms with E-state index in [1.807, 2.05) is 47.9 Å². The van der Waals surface area contributed by atoms with Gasteiger partial charge in [0, 0.05) is 0 Å². The molecule has 29 heavy (non-hydrogen) atoms. The summed E-state index contributed by atoms with van der Waals surface area (Å²) in [5.74, 6) is 2.34. The topological polar surface area (TPSA) is 52.2 Å². The molecule has 0 unspecified atom stereocenters. The number of benzene rings is 2. The highest BCUT2D eigenvalue weighted by Gasteiger charge is 2.16. The molecule has 0 saturated carbocycles. The summed E-state index contributed by atoms with van der Waals surface area (Å²) in [6.45, 7) is 4.35. The van der Waals surface area contributed by atoms with E-state index in [2.05, 4.69) is 35.1 Å². The second-order valence-corrected chi connectivity index (χ2v) is 7.65. The van der Waals surface area contributed by atoms with Crippen LogP contribution < -0.4 is 4.80 Å². The number of fused-ring (bicyclic) bond motifs is 1. The maximum absolute atomic E-state index is 13.0. The summed E-state index contributed by atoms with van der Waals surface area (Å²) in [6.07, 6.45) is 8.09. The van der Waals surface area contributed by atoms with Gasteiger partial charge >= 0.3 is 0 Å². The van der Waals surface area contributed by atoms with Crippen molar-refractivity contribution in [1.82, 2.24) is 14.3 Å². The number of para-hydroxylation sites is 1. The number of thiazole rings is 1. The Labute approximate surface area is 173 Å². The SMILES string of the molecule is C#CCn1c(=NC(=O)c2cnn(-c3ccccc3)c2C)sc2cc(CC)ccc21. The Balaban J connectivity index is 1.79. The van der Waals surface area contributed by atoms with Crippen LogP contribution in [0.3, 0.4) is 0 Å². The van der Waals surface area contributed by atoms with E-state index in [4.69, 9.17) is 6.42 Å². The first-order chi connectivity index (χ1) is 14.1. The Bertz CT molecular complexity index is 1300. The molecule has 0 radical (unpaired) electrons. The predicted octanol–water partition coefficient (Wildman–Crippen LogP) is 4.13. The minimum atomic E-state index is -0.322. The van der Waals surface area contributed by atoms with Crippen molar-refractivity contribution in [1.29, 1.82) is 0 Å². The number of aryl methyl sites for hydroxylation is 1. The maximum Gasteiger partial charge on any atom is 0.283 e. The van der Waals surface area contributed by atoms with Gasteiger partial charge in [0.25, 0.3) is 5.91 Å². The number of hydrogen-bond acceptors (Lipinski definition) is 3. The van der Waals surface area contributed by atoms with Gasteiger partial charge < -0.3 is 4.57 Å². The molecule has 4 aromatic rings. The molecular formula is C23H20N4OS. The van der Waals surface area contributed by atoms with E-state index in [9.17, 15) is 4.79 Å². The highest BCUT2D eigenvalue weighted by molar-refractivity contribution is 7.16. The van der Waals surface area contributed by atoms with Crippen LogP contribution in [0.1, 0.15) is 28.5 Å². The maximum atomic E-state index is 13.0. The Kier molecular flexibility index (Phi) is 5.15. The third-order valence-corrected chi connectivity index (χ3v) is 5.88. The molecule has 1 amide bonds. The average Bonchev–Trinajstić information content (AvgIpc) is 3.29. The summed E-state index contributed by atoms with van der Waals surface area (Å²) < 4.78 is 4.73. The minimum absolute atomic E-state index is 0.322. The lowest BCUT2D eigenvalue weighted by Crippen LogP contribution is -2.16. The monoisotopic (exact) mass is 400 g/mol. The van der Waals surface area contributed by atoms with Crippen LogP contribution in [-0.4, -0.2) is 20.3 Å². The van der Waals surface area contributed by atoms with Crippen LogP contribution in [-0.2, 0) is 13.0 Å². The van der Waals surface area contributed by atoms with E-state index < -0.39 is 0 Å². The first-order valence-corrected chi connectivity index (χ1v) is 10.2. The quantitative estimate of drug-likeness (QED) is 0.484. The lowest BCUT2D eigenvalue weighted by molar-refractivity contribution is 0.0997. The summed E-state index contributed by atoms with van der Waals surface area (Å²) in [4.78, 5) is 18.0. The number of hydrogen-bond donors (Lipinski definition) is 0.